The van der Waals surface area contributed by atoms with Crippen molar-refractivity contribution in [2.24, 2.45) is 11.8 Å². The van der Waals surface area contributed by atoms with Gasteiger partial charge in [0.05, 0.1) is 12.1 Å². The van der Waals surface area contributed by atoms with Gasteiger partial charge in [0.1, 0.15) is 0 Å². The average molecular weight is 276 g/mol. The van der Waals surface area contributed by atoms with Crippen LogP contribution in [-0.2, 0) is 0 Å². The van der Waals surface area contributed by atoms with Crippen molar-refractivity contribution in [2.45, 2.75) is 90.9 Å². The Morgan fingerprint density at radius 1 is 0.650 bits per heavy atom. The number of hydrogen-bond donors (Lipinski definition) is 0. The van der Waals surface area contributed by atoms with Crippen LogP contribution in [0, 0.1) is 34.5 Å². The second kappa shape index (κ2) is 14.4. The Balaban J connectivity index is 4.37. The number of unbranched alkanes of at least 4 members (excludes halogenated alkanes) is 4. The lowest BCUT2D eigenvalue weighted by molar-refractivity contribution is 0.254. The smallest absolute Gasteiger partial charge is 0.0621 e. The molecule has 0 heterocycles. The van der Waals surface area contributed by atoms with Crippen molar-refractivity contribution in [3.8, 4) is 12.1 Å². The van der Waals surface area contributed by atoms with Gasteiger partial charge in [0.25, 0.3) is 0 Å². The van der Waals surface area contributed by atoms with E-state index >= 15 is 0 Å². The van der Waals surface area contributed by atoms with Gasteiger partial charge in [-0.15, -0.1) is 0 Å². The Morgan fingerprint density at radius 3 is 1.65 bits per heavy atom. The highest BCUT2D eigenvalue weighted by Crippen LogP contribution is 2.31. The van der Waals surface area contributed by atoms with E-state index in [9.17, 15) is 0 Å². The van der Waals surface area contributed by atoms with Gasteiger partial charge in [-0.25, -0.2) is 0 Å². The summed E-state index contributed by atoms with van der Waals surface area (Å²) in [5, 5.41) is 17.7. The first-order valence-electron chi connectivity index (χ1n) is 8.53. The van der Waals surface area contributed by atoms with Crippen molar-refractivity contribution < 1.29 is 0 Å². The predicted molar refractivity (Wildman–Crippen MR) is 85.0 cm³/mol. The maximum atomic E-state index is 8.83. The fraction of sp³-hybridized carbons (Fsp3) is 0.889. The van der Waals surface area contributed by atoms with E-state index < -0.39 is 0 Å². The van der Waals surface area contributed by atoms with Crippen LogP contribution in [0.2, 0.25) is 0 Å². The normalized spacial score (nSPS) is 12.1. The van der Waals surface area contributed by atoms with Crippen LogP contribution in [0.3, 0.4) is 0 Å². The van der Waals surface area contributed by atoms with Gasteiger partial charge in [-0.2, -0.15) is 10.5 Å². The number of nitrogens with zero attached hydrogens (tertiary/aromatic N) is 2. The second-order valence-electron chi connectivity index (χ2n) is 5.91. The van der Waals surface area contributed by atoms with E-state index in [1.165, 1.54) is 51.4 Å². The van der Waals surface area contributed by atoms with Crippen LogP contribution in [-0.4, -0.2) is 0 Å². The molecule has 0 amide bonds. The first kappa shape index (κ1) is 19.0. The van der Waals surface area contributed by atoms with E-state index in [1.54, 1.807) is 0 Å². The molecular formula is C18H32N2. The lowest BCUT2D eigenvalue weighted by Gasteiger charge is -2.26. The van der Waals surface area contributed by atoms with Gasteiger partial charge in [-0.3, -0.25) is 0 Å². The van der Waals surface area contributed by atoms with Crippen LogP contribution in [0.4, 0.5) is 0 Å². The van der Waals surface area contributed by atoms with Crippen molar-refractivity contribution in [3.63, 3.8) is 0 Å². The summed E-state index contributed by atoms with van der Waals surface area (Å²) in [4.78, 5) is 0. The highest BCUT2D eigenvalue weighted by Gasteiger charge is 2.20. The third-order valence-electron chi connectivity index (χ3n) is 4.28. The summed E-state index contributed by atoms with van der Waals surface area (Å²) in [6.07, 6.45) is 13.6. The summed E-state index contributed by atoms with van der Waals surface area (Å²) in [5.74, 6) is 1.32. The zero-order chi connectivity index (χ0) is 15.1. The fourth-order valence-electron chi connectivity index (χ4n) is 3.03. The minimum atomic E-state index is 0.586. The lowest BCUT2D eigenvalue weighted by Crippen LogP contribution is -2.15. The molecule has 0 aliphatic carbocycles. The molecule has 0 saturated heterocycles. The van der Waals surface area contributed by atoms with E-state index in [1.807, 2.05) is 0 Å². The molecule has 0 aliphatic rings. The maximum Gasteiger partial charge on any atom is 0.0621 e. The molecule has 0 aromatic carbocycles. The van der Waals surface area contributed by atoms with E-state index in [0.717, 1.165) is 18.8 Å². The molecule has 1 atom stereocenters. The third kappa shape index (κ3) is 9.85. The van der Waals surface area contributed by atoms with E-state index in [4.69, 9.17) is 10.5 Å². The largest absolute Gasteiger partial charge is 0.198 e. The minimum Gasteiger partial charge on any atom is -0.198 e. The maximum absolute atomic E-state index is 8.83. The van der Waals surface area contributed by atoms with Gasteiger partial charge in [0, 0.05) is 12.8 Å². The predicted octanol–water partition coefficient (Wildman–Crippen LogP) is 5.99. The van der Waals surface area contributed by atoms with Crippen molar-refractivity contribution in [3.05, 3.63) is 0 Å². The molecule has 0 aliphatic heterocycles. The lowest BCUT2D eigenvalue weighted by atomic mass is 9.79. The molecule has 1 unspecified atom stereocenters. The molecular weight excluding hydrogens is 244 g/mol. The van der Waals surface area contributed by atoms with Crippen LogP contribution in [0.1, 0.15) is 90.9 Å². The van der Waals surface area contributed by atoms with Gasteiger partial charge >= 0.3 is 0 Å². The molecule has 114 valence electrons. The molecule has 0 aromatic rings. The van der Waals surface area contributed by atoms with Crippen LogP contribution in [0.5, 0.6) is 0 Å². The monoisotopic (exact) mass is 276 g/mol. The Labute approximate surface area is 126 Å². The molecule has 0 spiro atoms. The van der Waals surface area contributed by atoms with Crippen LogP contribution >= 0.6 is 0 Å². The molecule has 0 N–H and O–H groups in total. The van der Waals surface area contributed by atoms with Crippen molar-refractivity contribution >= 4 is 0 Å². The molecule has 0 saturated carbocycles. The van der Waals surface area contributed by atoms with E-state index in [-0.39, 0.29) is 0 Å². The molecule has 0 bridgehead atoms. The second-order valence-corrected chi connectivity index (χ2v) is 5.91. The summed E-state index contributed by atoms with van der Waals surface area (Å²) in [7, 11) is 0. The first-order chi connectivity index (χ1) is 9.79. The highest BCUT2D eigenvalue weighted by atomic mass is 14.3. The zero-order valence-corrected chi connectivity index (χ0v) is 13.5. The fourth-order valence-corrected chi connectivity index (χ4v) is 3.03. The van der Waals surface area contributed by atoms with E-state index in [2.05, 4.69) is 26.0 Å². The summed E-state index contributed by atoms with van der Waals surface area (Å²) in [6.45, 7) is 4.49. The molecule has 0 radical (unpaired) electrons. The van der Waals surface area contributed by atoms with Crippen molar-refractivity contribution in [1.29, 1.82) is 10.5 Å². The van der Waals surface area contributed by atoms with Gasteiger partial charge < -0.3 is 0 Å². The first-order valence-corrected chi connectivity index (χ1v) is 8.53. The standard InChI is InChI=1S/C18H32N2/c1-3-5-7-8-12-17(11-6-4-2)18(13-9-15-19)14-10-16-20/h17-18H,3-14H2,1-2H3. The van der Waals surface area contributed by atoms with Crippen LogP contribution < -0.4 is 0 Å². The summed E-state index contributed by atoms with van der Waals surface area (Å²) in [5.41, 5.74) is 0. The van der Waals surface area contributed by atoms with Gasteiger partial charge in [0.2, 0.25) is 0 Å². The Kier molecular flexibility index (Phi) is 13.7. The molecule has 0 fully saturated rings. The van der Waals surface area contributed by atoms with Crippen molar-refractivity contribution in [1.82, 2.24) is 0 Å². The number of nitriles is 2. The van der Waals surface area contributed by atoms with E-state index in [0.29, 0.717) is 18.8 Å². The van der Waals surface area contributed by atoms with Crippen LogP contribution in [0.25, 0.3) is 0 Å². The quantitative estimate of drug-likeness (QED) is 0.388. The molecule has 0 aromatic heterocycles. The Hall–Kier alpha value is -1.02. The Morgan fingerprint density at radius 2 is 1.15 bits per heavy atom. The third-order valence-corrected chi connectivity index (χ3v) is 4.28. The van der Waals surface area contributed by atoms with Gasteiger partial charge in [-0.05, 0) is 24.7 Å². The zero-order valence-electron chi connectivity index (χ0n) is 13.5. The molecule has 0 rings (SSSR count). The van der Waals surface area contributed by atoms with Crippen LogP contribution in [0.15, 0.2) is 0 Å². The number of hydrogen-bond acceptors (Lipinski definition) is 2. The average Bonchev–Trinajstić information content (AvgIpc) is 2.47. The topological polar surface area (TPSA) is 47.6 Å². The molecule has 2 heteroatoms. The summed E-state index contributed by atoms with van der Waals surface area (Å²) < 4.78 is 0. The van der Waals surface area contributed by atoms with Crippen molar-refractivity contribution in [2.75, 3.05) is 0 Å². The summed E-state index contributed by atoms with van der Waals surface area (Å²) in [6, 6.07) is 4.56. The van der Waals surface area contributed by atoms with Gasteiger partial charge in [0.15, 0.2) is 0 Å². The highest BCUT2D eigenvalue weighted by molar-refractivity contribution is 4.80. The SMILES string of the molecule is CCCCCCC(CCCC)C(CCC#N)CCC#N. The minimum absolute atomic E-state index is 0.586. The molecule has 20 heavy (non-hydrogen) atoms. The summed E-state index contributed by atoms with van der Waals surface area (Å²) >= 11 is 0. The number of rotatable bonds is 13. The van der Waals surface area contributed by atoms with Gasteiger partial charge in [-0.1, -0.05) is 65.2 Å². The molecule has 2 nitrogen and oxygen atoms in total. The Bertz CT molecular complexity index is 267.